The maximum Gasteiger partial charge on any atom is 0.387 e. The number of carbonyl (C=O) groups excluding carboxylic acids is 1. The van der Waals surface area contributed by atoms with Gasteiger partial charge in [0.25, 0.3) is 0 Å². The van der Waals surface area contributed by atoms with Crippen LogP contribution in [0.5, 0.6) is 5.75 Å². The number of nitrogens with one attached hydrogen (secondary N) is 1. The maximum atomic E-state index is 13.4. The van der Waals surface area contributed by atoms with Crippen molar-refractivity contribution >= 4 is 40.7 Å². The average Bonchev–Trinajstić information content (AvgIpc) is 2.89. The van der Waals surface area contributed by atoms with Gasteiger partial charge in [0.05, 0.1) is 0 Å². The highest BCUT2D eigenvalue weighted by Crippen LogP contribution is 2.33. The zero-order valence-corrected chi connectivity index (χ0v) is 21.2. The number of anilines is 2. The molecule has 2 heterocycles. The lowest BCUT2D eigenvalue weighted by atomic mass is 10.0. The molecule has 11 heteroatoms. The number of hydrogen-bond donors (Lipinski definition) is 1. The van der Waals surface area contributed by atoms with Crippen molar-refractivity contribution in [3.63, 3.8) is 0 Å². The van der Waals surface area contributed by atoms with E-state index in [1.807, 2.05) is 31.2 Å². The average molecular weight is 544 g/mol. The summed E-state index contributed by atoms with van der Waals surface area (Å²) >= 11 is 0. The lowest BCUT2D eigenvalue weighted by molar-refractivity contribution is -0.0498. The van der Waals surface area contributed by atoms with Gasteiger partial charge >= 0.3 is 12.6 Å². The van der Waals surface area contributed by atoms with Gasteiger partial charge in [-0.1, -0.05) is 24.3 Å². The van der Waals surface area contributed by atoms with Crippen LogP contribution in [0.3, 0.4) is 0 Å². The Morgan fingerprint density at radius 2 is 1.66 bits per heavy atom. The number of ether oxygens (including phenoxy) is 1. The normalized spacial score (nSPS) is 15.3. The van der Waals surface area contributed by atoms with Gasteiger partial charge in [0.1, 0.15) is 17.3 Å². The lowest BCUT2D eigenvalue weighted by Crippen LogP contribution is -2.55. The van der Waals surface area contributed by atoms with Crippen LogP contribution in [0.2, 0.25) is 0 Å². The third-order valence-electron chi connectivity index (χ3n) is 6.30. The Morgan fingerprint density at radius 3 is 2.32 bits per heavy atom. The number of nitrogens with zero attached hydrogens (tertiary/aromatic N) is 4. The van der Waals surface area contributed by atoms with Crippen molar-refractivity contribution in [1.29, 1.82) is 0 Å². The van der Waals surface area contributed by atoms with Gasteiger partial charge in [-0.2, -0.15) is 8.78 Å². The molecule has 1 aliphatic heterocycles. The van der Waals surface area contributed by atoms with Crippen LogP contribution in [0.4, 0.5) is 29.5 Å². The maximum absolute atomic E-state index is 13.4. The van der Waals surface area contributed by atoms with E-state index in [0.717, 1.165) is 22.2 Å². The van der Waals surface area contributed by atoms with Crippen molar-refractivity contribution in [1.82, 2.24) is 15.1 Å². The molecule has 0 radical (unpaired) electrons. The molecular formula is C27H25ClF3N5O2. The van der Waals surface area contributed by atoms with Gasteiger partial charge in [-0.15, -0.1) is 22.6 Å². The number of rotatable bonds is 5. The number of urea groups is 1. The van der Waals surface area contributed by atoms with Crippen LogP contribution in [0.1, 0.15) is 6.92 Å². The number of aromatic nitrogens is 2. The minimum absolute atomic E-state index is 0. The first kappa shape index (κ1) is 27.0. The molecule has 1 N–H and O–H groups in total. The number of alkyl halides is 2. The molecule has 1 unspecified atom stereocenters. The fraction of sp³-hybridized carbons (Fsp3) is 0.222. The second-order valence-electron chi connectivity index (χ2n) is 8.75. The van der Waals surface area contributed by atoms with Crippen LogP contribution >= 0.6 is 12.4 Å². The Balaban J connectivity index is 0.00000336. The Kier molecular flexibility index (Phi) is 8.21. The second-order valence-corrected chi connectivity index (χ2v) is 8.75. The first-order chi connectivity index (χ1) is 17.9. The van der Waals surface area contributed by atoms with Crippen LogP contribution in [0.15, 0.2) is 72.8 Å². The molecule has 1 aromatic heterocycles. The van der Waals surface area contributed by atoms with Crippen LogP contribution < -0.4 is 15.0 Å². The van der Waals surface area contributed by atoms with E-state index in [2.05, 4.69) is 25.2 Å². The van der Waals surface area contributed by atoms with Crippen LogP contribution in [-0.4, -0.2) is 53.4 Å². The van der Waals surface area contributed by atoms with E-state index in [1.54, 1.807) is 17.0 Å². The monoisotopic (exact) mass is 543 g/mol. The summed E-state index contributed by atoms with van der Waals surface area (Å²) in [5.41, 5.74) is 1.94. The summed E-state index contributed by atoms with van der Waals surface area (Å²) in [4.78, 5) is 16.7. The molecule has 0 bridgehead atoms. The molecule has 3 aromatic carbocycles. The third-order valence-corrected chi connectivity index (χ3v) is 6.30. The highest BCUT2D eigenvalue weighted by molar-refractivity contribution is 6.00. The van der Waals surface area contributed by atoms with Gasteiger partial charge in [-0.05, 0) is 55.5 Å². The van der Waals surface area contributed by atoms with Crippen molar-refractivity contribution in [2.24, 2.45) is 0 Å². The molecule has 0 aliphatic carbocycles. The number of halogens is 4. The van der Waals surface area contributed by atoms with E-state index in [0.29, 0.717) is 31.0 Å². The molecule has 2 amide bonds. The Bertz CT molecular complexity index is 1410. The van der Waals surface area contributed by atoms with Crippen LogP contribution in [0.25, 0.3) is 22.0 Å². The predicted octanol–water partition coefficient (Wildman–Crippen LogP) is 6.20. The molecule has 1 fully saturated rings. The summed E-state index contributed by atoms with van der Waals surface area (Å²) in [5.74, 6) is 0.434. The van der Waals surface area contributed by atoms with E-state index in [4.69, 9.17) is 0 Å². The standard InChI is InChI=1S/C27H24F3N5O2.ClH/c1-17-16-34(27(36)31-20-10-12-21(13-11-20)37-26(29)30)14-15-35(17)25-23-5-3-2-4-22(23)24(32-33-25)18-6-8-19(28)9-7-18;/h2-13,17,26H,14-16H2,1H3,(H,31,36);1H. The SMILES string of the molecule is CC1CN(C(=O)Nc2ccc(OC(F)F)cc2)CCN1c1nnc(-c2ccc(F)cc2)c2ccccc12.Cl. The summed E-state index contributed by atoms with van der Waals surface area (Å²) in [7, 11) is 0. The first-order valence-corrected chi connectivity index (χ1v) is 11.8. The first-order valence-electron chi connectivity index (χ1n) is 11.8. The highest BCUT2D eigenvalue weighted by atomic mass is 35.5. The van der Waals surface area contributed by atoms with Gasteiger partial charge < -0.3 is 19.9 Å². The Hall–Kier alpha value is -4.05. The van der Waals surface area contributed by atoms with Gasteiger partial charge in [0.15, 0.2) is 5.82 Å². The number of piperazine rings is 1. The molecule has 7 nitrogen and oxygen atoms in total. The second kappa shape index (κ2) is 11.6. The summed E-state index contributed by atoms with van der Waals surface area (Å²) in [6, 6.07) is 19.4. The third kappa shape index (κ3) is 5.75. The van der Waals surface area contributed by atoms with Crippen molar-refractivity contribution in [3.8, 4) is 17.0 Å². The van der Waals surface area contributed by atoms with Gasteiger partial charge in [-0.25, -0.2) is 9.18 Å². The topological polar surface area (TPSA) is 70.6 Å². The molecule has 4 aromatic rings. The van der Waals surface area contributed by atoms with Gasteiger partial charge in [0.2, 0.25) is 0 Å². The molecule has 198 valence electrons. The van der Waals surface area contributed by atoms with E-state index >= 15 is 0 Å². The number of amides is 2. The van der Waals surface area contributed by atoms with E-state index in [-0.39, 0.29) is 36.0 Å². The fourth-order valence-corrected chi connectivity index (χ4v) is 4.50. The van der Waals surface area contributed by atoms with E-state index < -0.39 is 6.61 Å². The predicted molar refractivity (Wildman–Crippen MR) is 143 cm³/mol. The molecule has 38 heavy (non-hydrogen) atoms. The minimum Gasteiger partial charge on any atom is -0.435 e. The minimum atomic E-state index is -2.90. The molecular weight excluding hydrogens is 519 g/mol. The van der Waals surface area contributed by atoms with Crippen LogP contribution in [-0.2, 0) is 0 Å². The quantitative estimate of drug-likeness (QED) is 0.324. The van der Waals surface area contributed by atoms with Crippen LogP contribution in [0, 0.1) is 5.82 Å². The van der Waals surface area contributed by atoms with E-state index in [9.17, 15) is 18.0 Å². The Labute approximate surface area is 223 Å². The van der Waals surface area contributed by atoms with E-state index in [1.165, 1.54) is 36.4 Å². The smallest absolute Gasteiger partial charge is 0.387 e. The lowest BCUT2D eigenvalue weighted by Gasteiger charge is -2.40. The van der Waals surface area contributed by atoms with Crippen molar-refractivity contribution in [2.75, 3.05) is 29.9 Å². The highest BCUT2D eigenvalue weighted by Gasteiger charge is 2.29. The zero-order valence-electron chi connectivity index (χ0n) is 20.4. The summed E-state index contributed by atoms with van der Waals surface area (Å²) < 4.78 is 42.4. The van der Waals surface area contributed by atoms with Crippen molar-refractivity contribution in [3.05, 3.63) is 78.6 Å². The molecule has 1 aliphatic rings. The number of benzene rings is 3. The molecule has 0 saturated carbocycles. The van der Waals surface area contributed by atoms with Crippen molar-refractivity contribution in [2.45, 2.75) is 19.6 Å². The number of fused-ring (bicyclic) bond motifs is 1. The fourth-order valence-electron chi connectivity index (χ4n) is 4.50. The molecule has 1 atom stereocenters. The molecule has 5 rings (SSSR count). The van der Waals surface area contributed by atoms with Gasteiger partial charge in [-0.3, -0.25) is 0 Å². The summed E-state index contributed by atoms with van der Waals surface area (Å²) in [5, 5.41) is 13.7. The van der Waals surface area contributed by atoms with Crippen molar-refractivity contribution < 1.29 is 22.7 Å². The van der Waals surface area contributed by atoms with Gasteiger partial charge in [0, 0.05) is 47.7 Å². The molecule has 0 spiro atoms. The largest absolute Gasteiger partial charge is 0.435 e. The zero-order chi connectivity index (χ0) is 25.9. The molecule has 1 saturated heterocycles. The Morgan fingerprint density at radius 1 is 0.974 bits per heavy atom. The number of hydrogen-bond acceptors (Lipinski definition) is 5. The number of carbonyl (C=O) groups is 1. The summed E-state index contributed by atoms with van der Waals surface area (Å²) in [6.07, 6.45) is 0. The summed E-state index contributed by atoms with van der Waals surface area (Å²) in [6.45, 7) is 0.566.